The van der Waals surface area contributed by atoms with Crippen LogP contribution in [0, 0.1) is 11.3 Å². The number of amides is 2. The van der Waals surface area contributed by atoms with Gasteiger partial charge in [-0.15, -0.1) is 0 Å². The molecule has 22 heavy (non-hydrogen) atoms. The number of hydrogen-bond donors (Lipinski definition) is 1. The summed E-state index contributed by atoms with van der Waals surface area (Å²) < 4.78 is 5.13. The molecular weight excluding hydrogens is 282 g/mol. The maximum absolute atomic E-state index is 11.7. The number of carbonyl (C=O) groups is 2. The van der Waals surface area contributed by atoms with Gasteiger partial charge in [-0.05, 0) is 45.0 Å². The number of nitrogens with zero attached hydrogens (tertiary/aromatic N) is 2. The molecule has 118 valence electrons. The molecule has 0 fully saturated rings. The third-order valence-electron chi connectivity index (χ3n) is 2.69. The fraction of sp³-hybridized carbons (Fsp3) is 0.438. The van der Waals surface area contributed by atoms with Crippen molar-refractivity contribution in [3.63, 3.8) is 0 Å². The molecule has 0 bridgehead atoms. The lowest BCUT2D eigenvalue weighted by atomic mass is 10.2. The molecule has 0 spiro atoms. The van der Waals surface area contributed by atoms with E-state index in [1.54, 1.807) is 45.0 Å². The SMILES string of the molecule is CC(=O)N(CCNC(=O)OC(C)(C)C)c1ccc(C#N)cc1. The number of hydrogen-bond acceptors (Lipinski definition) is 4. The summed E-state index contributed by atoms with van der Waals surface area (Å²) in [5, 5.41) is 11.4. The summed E-state index contributed by atoms with van der Waals surface area (Å²) in [6.45, 7) is 7.39. The third-order valence-corrected chi connectivity index (χ3v) is 2.69. The Bertz CT molecular complexity index is 568. The first kappa shape index (κ1) is 17.5. The third kappa shape index (κ3) is 5.83. The molecule has 0 aliphatic carbocycles. The van der Waals surface area contributed by atoms with E-state index in [4.69, 9.17) is 10.00 Å². The van der Waals surface area contributed by atoms with Crippen molar-refractivity contribution in [1.82, 2.24) is 5.32 Å². The van der Waals surface area contributed by atoms with Gasteiger partial charge in [0.25, 0.3) is 0 Å². The molecule has 0 unspecified atom stereocenters. The van der Waals surface area contributed by atoms with Gasteiger partial charge < -0.3 is 15.0 Å². The Balaban J connectivity index is 2.60. The van der Waals surface area contributed by atoms with Gasteiger partial charge in [0.2, 0.25) is 5.91 Å². The zero-order chi connectivity index (χ0) is 16.8. The molecule has 1 N–H and O–H groups in total. The number of alkyl carbamates (subject to hydrolysis) is 1. The molecule has 1 rings (SSSR count). The molecule has 0 heterocycles. The number of anilines is 1. The lowest BCUT2D eigenvalue weighted by Gasteiger charge is -2.23. The van der Waals surface area contributed by atoms with Gasteiger partial charge in [0.1, 0.15) is 5.60 Å². The van der Waals surface area contributed by atoms with E-state index >= 15 is 0 Å². The maximum Gasteiger partial charge on any atom is 0.407 e. The van der Waals surface area contributed by atoms with Crippen molar-refractivity contribution in [2.45, 2.75) is 33.3 Å². The van der Waals surface area contributed by atoms with Gasteiger partial charge >= 0.3 is 6.09 Å². The van der Waals surface area contributed by atoms with Gasteiger partial charge in [-0.25, -0.2) is 4.79 Å². The Labute approximate surface area is 130 Å². The topological polar surface area (TPSA) is 82.4 Å². The molecule has 0 radical (unpaired) electrons. The predicted octanol–water partition coefficient (Wildman–Crippen LogP) is 2.44. The largest absolute Gasteiger partial charge is 0.444 e. The summed E-state index contributed by atoms with van der Waals surface area (Å²) in [7, 11) is 0. The molecule has 0 saturated carbocycles. The van der Waals surface area contributed by atoms with Crippen LogP contribution in [0.25, 0.3) is 0 Å². The highest BCUT2D eigenvalue weighted by atomic mass is 16.6. The fourth-order valence-corrected chi connectivity index (χ4v) is 1.77. The molecule has 0 aliphatic heterocycles. The number of benzene rings is 1. The molecular formula is C16H21N3O3. The summed E-state index contributed by atoms with van der Waals surface area (Å²) in [4.78, 5) is 24.8. The Morgan fingerprint density at radius 2 is 1.86 bits per heavy atom. The van der Waals surface area contributed by atoms with Crippen LogP contribution in [0.2, 0.25) is 0 Å². The zero-order valence-corrected chi connectivity index (χ0v) is 13.3. The number of rotatable bonds is 4. The van der Waals surface area contributed by atoms with E-state index in [-0.39, 0.29) is 12.5 Å². The average molecular weight is 303 g/mol. The van der Waals surface area contributed by atoms with E-state index < -0.39 is 11.7 Å². The number of ether oxygens (including phenoxy) is 1. The first-order valence-electron chi connectivity index (χ1n) is 6.98. The Hall–Kier alpha value is -2.55. The lowest BCUT2D eigenvalue weighted by Crippen LogP contribution is -2.39. The number of carbonyl (C=O) groups excluding carboxylic acids is 2. The molecule has 0 aromatic heterocycles. The highest BCUT2D eigenvalue weighted by molar-refractivity contribution is 5.91. The first-order chi connectivity index (χ1) is 10.2. The Morgan fingerprint density at radius 1 is 1.27 bits per heavy atom. The summed E-state index contributed by atoms with van der Waals surface area (Å²) in [5.41, 5.74) is 0.647. The minimum atomic E-state index is -0.558. The van der Waals surface area contributed by atoms with Crippen LogP contribution < -0.4 is 10.2 Å². The number of nitrogens with one attached hydrogen (secondary N) is 1. The fourth-order valence-electron chi connectivity index (χ4n) is 1.77. The van der Waals surface area contributed by atoms with Gasteiger partial charge in [0, 0.05) is 25.7 Å². The van der Waals surface area contributed by atoms with Gasteiger partial charge in [-0.1, -0.05) is 0 Å². The van der Waals surface area contributed by atoms with Crippen molar-refractivity contribution >= 4 is 17.7 Å². The van der Waals surface area contributed by atoms with Gasteiger partial charge in [0.15, 0.2) is 0 Å². The van der Waals surface area contributed by atoms with E-state index in [1.807, 2.05) is 6.07 Å². The van der Waals surface area contributed by atoms with Crippen molar-refractivity contribution in [2.24, 2.45) is 0 Å². The van der Waals surface area contributed by atoms with Crippen LogP contribution in [-0.4, -0.2) is 30.7 Å². The normalized spacial score (nSPS) is 10.5. The van der Waals surface area contributed by atoms with Crippen molar-refractivity contribution in [1.29, 1.82) is 5.26 Å². The number of nitriles is 1. The molecule has 0 atom stereocenters. The van der Waals surface area contributed by atoms with Gasteiger partial charge in [-0.3, -0.25) is 4.79 Å². The molecule has 1 aromatic carbocycles. The van der Waals surface area contributed by atoms with Crippen LogP contribution in [-0.2, 0) is 9.53 Å². The molecule has 1 aromatic rings. The average Bonchev–Trinajstić information content (AvgIpc) is 2.41. The van der Waals surface area contributed by atoms with Gasteiger partial charge in [-0.2, -0.15) is 5.26 Å². The van der Waals surface area contributed by atoms with Crippen LogP contribution >= 0.6 is 0 Å². The minimum absolute atomic E-state index is 0.143. The summed E-state index contributed by atoms with van der Waals surface area (Å²) >= 11 is 0. The lowest BCUT2D eigenvalue weighted by molar-refractivity contribution is -0.116. The maximum atomic E-state index is 11.7. The highest BCUT2D eigenvalue weighted by Gasteiger charge is 2.16. The van der Waals surface area contributed by atoms with Crippen LogP contribution in [0.1, 0.15) is 33.3 Å². The highest BCUT2D eigenvalue weighted by Crippen LogP contribution is 2.15. The van der Waals surface area contributed by atoms with Crippen LogP contribution in [0.3, 0.4) is 0 Å². The molecule has 6 nitrogen and oxygen atoms in total. The second kappa shape index (κ2) is 7.46. The molecule has 6 heteroatoms. The van der Waals surface area contributed by atoms with E-state index in [9.17, 15) is 9.59 Å². The Kier molecular flexibility index (Phi) is 5.93. The molecule has 0 aliphatic rings. The summed E-state index contributed by atoms with van der Waals surface area (Å²) in [6.07, 6.45) is -0.518. The van der Waals surface area contributed by atoms with Crippen molar-refractivity contribution in [3.05, 3.63) is 29.8 Å². The van der Waals surface area contributed by atoms with Crippen LogP contribution in [0.15, 0.2) is 24.3 Å². The van der Waals surface area contributed by atoms with E-state index in [1.165, 1.54) is 11.8 Å². The standard InChI is InChI=1S/C16H21N3O3/c1-12(20)19(14-7-5-13(11-17)6-8-14)10-9-18-15(21)22-16(2,3)4/h5-8H,9-10H2,1-4H3,(H,18,21). The summed E-state index contributed by atoms with van der Waals surface area (Å²) in [6, 6.07) is 8.72. The van der Waals surface area contributed by atoms with Crippen molar-refractivity contribution < 1.29 is 14.3 Å². The zero-order valence-electron chi connectivity index (χ0n) is 13.3. The summed E-state index contributed by atoms with van der Waals surface area (Å²) in [5.74, 6) is -0.143. The monoisotopic (exact) mass is 303 g/mol. The minimum Gasteiger partial charge on any atom is -0.444 e. The van der Waals surface area contributed by atoms with Crippen molar-refractivity contribution in [3.8, 4) is 6.07 Å². The molecule has 2 amide bonds. The van der Waals surface area contributed by atoms with Crippen molar-refractivity contribution in [2.75, 3.05) is 18.0 Å². The quantitative estimate of drug-likeness (QED) is 0.926. The van der Waals surface area contributed by atoms with Gasteiger partial charge in [0.05, 0.1) is 11.6 Å². The van der Waals surface area contributed by atoms with E-state index in [0.29, 0.717) is 17.8 Å². The molecule has 0 saturated heterocycles. The second-order valence-electron chi connectivity index (χ2n) is 5.76. The van der Waals surface area contributed by atoms with Crippen LogP contribution in [0.5, 0.6) is 0 Å². The first-order valence-corrected chi connectivity index (χ1v) is 6.98. The van der Waals surface area contributed by atoms with Crippen LogP contribution in [0.4, 0.5) is 10.5 Å². The second-order valence-corrected chi connectivity index (χ2v) is 5.76. The predicted molar refractivity (Wildman–Crippen MR) is 83.4 cm³/mol. The smallest absolute Gasteiger partial charge is 0.407 e. The Morgan fingerprint density at radius 3 is 2.32 bits per heavy atom. The van der Waals surface area contributed by atoms with E-state index in [0.717, 1.165) is 0 Å². The van der Waals surface area contributed by atoms with E-state index in [2.05, 4.69) is 5.32 Å².